The normalized spacial score (nSPS) is 12.5. The van der Waals surface area contributed by atoms with Crippen LogP contribution in [0, 0.1) is 0 Å². The summed E-state index contributed by atoms with van der Waals surface area (Å²) in [5, 5.41) is 22.7. The highest BCUT2D eigenvalue weighted by Gasteiger charge is 2.49. The Balaban J connectivity index is 0.000000442. The van der Waals surface area contributed by atoms with Gasteiger partial charge in [-0.3, -0.25) is 9.59 Å². The van der Waals surface area contributed by atoms with Crippen molar-refractivity contribution in [3.8, 4) is 0 Å². The fourth-order valence-corrected chi connectivity index (χ4v) is 15.8. The molecule has 0 heterocycles. The number of hydrogen-bond donors (Lipinski definition) is 4. The lowest BCUT2D eigenvalue weighted by Crippen LogP contribution is -2.36. The zero-order chi connectivity index (χ0) is 36.1. The molecule has 0 spiro atoms. The van der Waals surface area contributed by atoms with Gasteiger partial charge in [-0.2, -0.15) is 25.3 Å². The summed E-state index contributed by atoms with van der Waals surface area (Å²) in [5.74, 6) is -2.57. The lowest BCUT2D eigenvalue weighted by atomic mass is 10.3. The monoisotopic (exact) mass is 748 g/mol. The molecule has 0 aliphatic rings. The summed E-state index contributed by atoms with van der Waals surface area (Å²) in [6.07, 6.45) is 3.37. The van der Waals surface area contributed by atoms with Crippen LogP contribution in [0.25, 0.3) is 0 Å². The van der Waals surface area contributed by atoms with Gasteiger partial charge in [0.1, 0.15) is 56.9 Å². The van der Waals surface area contributed by atoms with Gasteiger partial charge in [0.25, 0.3) is 0 Å². The number of rotatable bonds is 13. The van der Waals surface area contributed by atoms with E-state index in [1.54, 1.807) is 0 Å². The van der Waals surface area contributed by atoms with Crippen LogP contribution in [0.3, 0.4) is 0 Å². The smallest absolute Gasteiger partial charge is 0.318 e. The van der Waals surface area contributed by atoms with Gasteiger partial charge >= 0.3 is 11.9 Å². The van der Waals surface area contributed by atoms with Gasteiger partial charge in [0.05, 0.1) is 12.3 Å². The molecule has 2 atom stereocenters. The second-order valence-corrected chi connectivity index (χ2v) is 20.3. The Morgan fingerprint density at radius 2 is 0.569 bits per heavy atom. The molecule has 0 amide bonds. The highest BCUT2D eigenvalue weighted by Crippen LogP contribution is 2.60. The van der Waals surface area contributed by atoms with Crippen LogP contribution in [-0.4, -0.2) is 45.0 Å². The molecule has 2 N–H and O–H groups in total. The molecule has 6 aromatic carbocycles. The maximum atomic E-state index is 10.1. The molecule has 6 aromatic rings. The molecule has 0 saturated heterocycles. The molecule has 0 fully saturated rings. The highest BCUT2D eigenvalue weighted by molar-refractivity contribution is 7.96. The SMILES string of the molecule is O=C(O)C(S)C(S)C(=O)O.c1ccc([P+](CCC[P+](c2ccccc2)(c2ccccc2)c2ccccc2)(c2ccccc2)c2ccccc2)cc1. The van der Waals surface area contributed by atoms with Crippen LogP contribution in [0.15, 0.2) is 182 Å². The van der Waals surface area contributed by atoms with Crippen molar-refractivity contribution in [1.82, 2.24) is 0 Å². The number of hydrogen-bond acceptors (Lipinski definition) is 4. The van der Waals surface area contributed by atoms with Crippen molar-refractivity contribution >= 4 is 83.5 Å². The Morgan fingerprint density at radius 3 is 0.725 bits per heavy atom. The first-order valence-electron chi connectivity index (χ1n) is 16.7. The van der Waals surface area contributed by atoms with Gasteiger partial charge in [-0.15, -0.1) is 0 Å². The maximum Gasteiger partial charge on any atom is 0.318 e. The summed E-state index contributed by atoms with van der Waals surface area (Å²) < 4.78 is 0. The fourth-order valence-electron chi connectivity index (χ4n) is 6.58. The molecule has 6 rings (SSSR count). The molecular formula is C43H42O4P2S2+2. The van der Waals surface area contributed by atoms with Crippen molar-refractivity contribution in [1.29, 1.82) is 0 Å². The van der Waals surface area contributed by atoms with Crippen LogP contribution in [0.5, 0.6) is 0 Å². The Morgan fingerprint density at radius 1 is 0.392 bits per heavy atom. The van der Waals surface area contributed by atoms with E-state index in [0.717, 1.165) is 18.7 Å². The minimum Gasteiger partial charge on any atom is -0.480 e. The number of carboxylic acids is 2. The molecule has 0 bridgehead atoms. The van der Waals surface area contributed by atoms with Gasteiger partial charge in [-0.1, -0.05) is 109 Å². The van der Waals surface area contributed by atoms with E-state index in [-0.39, 0.29) is 0 Å². The average molecular weight is 749 g/mol. The minimum absolute atomic E-state index is 1.12. The van der Waals surface area contributed by atoms with Gasteiger partial charge in [-0.25, -0.2) is 0 Å². The second-order valence-electron chi connectivity index (χ2n) is 12.0. The molecular weight excluding hydrogens is 707 g/mol. The van der Waals surface area contributed by atoms with E-state index in [9.17, 15) is 9.59 Å². The van der Waals surface area contributed by atoms with Crippen molar-refractivity contribution in [2.45, 2.75) is 16.9 Å². The third kappa shape index (κ3) is 8.83. The second kappa shape index (κ2) is 18.4. The van der Waals surface area contributed by atoms with Gasteiger partial charge in [0.2, 0.25) is 0 Å². The summed E-state index contributed by atoms with van der Waals surface area (Å²) in [6, 6.07) is 67.8. The summed E-state index contributed by atoms with van der Waals surface area (Å²) in [6.45, 7) is 0. The molecule has 0 radical (unpaired) electrons. The Labute approximate surface area is 313 Å². The van der Waals surface area contributed by atoms with Crippen LogP contribution in [0.1, 0.15) is 6.42 Å². The van der Waals surface area contributed by atoms with Crippen molar-refractivity contribution in [3.63, 3.8) is 0 Å². The number of carbonyl (C=O) groups is 2. The molecule has 0 aliphatic carbocycles. The number of thiol groups is 2. The van der Waals surface area contributed by atoms with Crippen LogP contribution in [-0.2, 0) is 9.59 Å². The maximum absolute atomic E-state index is 10.1. The molecule has 51 heavy (non-hydrogen) atoms. The molecule has 0 saturated carbocycles. The quantitative estimate of drug-likeness (QED) is 0.0751. The summed E-state index contributed by atoms with van der Waals surface area (Å²) in [4.78, 5) is 20.1. The van der Waals surface area contributed by atoms with E-state index in [4.69, 9.17) is 10.2 Å². The third-order valence-electron chi connectivity index (χ3n) is 8.97. The van der Waals surface area contributed by atoms with Crippen molar-refractivity contribution < 1.29 is 19.8 Å². The molecule has 0 aliphatic heterocycles. The van der Waals surface area contributed by atoms with Crippen LogP contribution < -0.4 is 31.8 Å². The number of benzene rings is 6. The standard InChI is InChI=1S/C39H36P2.C4H6O4S2/c1-7-20-34(21-8-1)40(35-22-9-2-10-23-35,36-24-11-3-12-25-36)32-19-33-41(37-26-13-4-14-27-37,38-28-15-5-16-29-38)39-30-17-6-18-31-39;5-3(6)1(9)2(10)4(7)8/h1-18,20-31H,19,32-33H2;1-2,9-10H,(H,5,6)(H,7,8)/q+2;. The topological polar surface area (TPSA) is 74.6 Å². The number of aliphatic carboxylic acids is 2. The summed E-state index contributed by atoms with van der Waals surface area (Å²) in [7, 11) is -3.79. The van der Waals surface area contributed by atoms with Crippen LogP contribution in [0.2, 0.25) is 0 Å². The van der Waals surface area contributed by atoms with Crippen molar-refractivity contribution in [2.75, 3.05) is 12.3 Å². The first-order chi connectivity index (χ1) is 24.8. The molecule has 2 unspecified atom stereocenters. The van der Waals surface area contributed by atoms with Gasteiger partial charge in [0.15, 0.2) is 0 Å². The zero-order valence-corrected chi connectivity index (χ0v) is 31.7. The summed E-state index contributed by atoms with van der Waals surface area (Å²) in [5.41, 5.74) is 0. The molecule has 258 valence electrons. The average Bonchev–Trinajstić information content (AvgIpc) is 3.20. The van der Waals surface area contributed by atoms with Crippen molar-refractivity contribution in [2.24, 2.45) is 0 Å². The predicted molar refractivity (Wildman–Crippen MR) is 225 cm³/mol. The third-order valence-corrected chi connectivity index (χ3v) is 19.3. The van der Waals surface area contributed by atoms with E-state index in [2.05, 4.69) is 207 Å². The van der Waals surface area contributed by atoms with Crippen LogP contribution >= 0.6 is 39.8 Å². The first-order valence-corrected chi connectivity index (χ1v) is 21.7. The lowest BCUT2D eigenvalue weighted by molar-refractivity contribution is -0.142. The van der Waals surface area contributed by atoms with Crippen molar-refractivity contribution in [3.05, 3.63) is 182 Å². The number of carboxylic acid groups (broad SMARTS) is 2. The molecule has 0 aromatic heterocycles. The zero-order valence-electron chi connectivity index (χ0n) is 28.1. The molecule has 8 heteroatoms. The first kappa shape index (κ1) is 38.1. The largest absolute Gasteiger partial charge is 0.480 e. The highest BCUT2D eigenvalue weighted by atomic mass is 32.1. The van der Waals surface area contributed by atoms with E-state index in [0.29, 0.717) is 0 Å². The molecule has 4 nitrogen and oxygen atoms in total. The van der Waals surface area contributed by atoms with E-state index < -0.39 is 37.0 Å². The predicted octanol–water partition coefficient (Wildman–Crippen LogP) is 7.12. The summed E-state index contributed by atoms with van der Waals surface area (Å²) >= 11 is 7.00. The van der Waals surface area contributed by atoms with E-state index >= 15 is 0 Å². The van der Waals surface area contributed by atoms with E-state index in [1.165, 1.54) is 31.8 Å². The Bertz CT molecular complexity index is 1610. The minimum atomic E-state index is -1.90. The van der Waals surface area contributed by atoms with Gasteiger partial charge < -0.3 is 10.2 Å². The van der Waals surface area contributed by atoms with Crippen LogP contribution in [0.4, 0.5) is 0 Å². The van der Waals surface area contributed by atoms with E-state index in [1.807, 2.05) is 0 Å². The fraction of sp³-hybridized carbons (Fsp3) is 0.116. The Kier molecular flexibility index (Phi) is 13.7. The van der Waals surface area contributed by atoms with Gasteiger partial charge in [-0.05, 0) is 72.8 Å². The lowest BCUT2D eigenvalue weighted by Gasteiger charge is -2.30. The van der Waals surface area contributed by atoms with Gasteiger partial charge in [0, 0.05) is 6.42 Å². The Hall–Kier alpha value is -4.18.